The number of hydrogen-bond acceptors (Lipinski definition) is 3. The fourth-order valence-corrected chi connectivity index (χ4v) is 2.95. The molecule has 1 heterocycles. The van der Waals surface area contributed by atoms with Gasteiger partial charge in [-0.05, 0) is 23.0 Å². The Bertz CT molecular complexity index is 197. The van der Waals surface area contributed by atoms with Gasteiger partial charge in [0.15, 0.2) is 0 Å². The van der Waals surface area contributed by atoms with Gasteiger partial charge in [0.05, 0.1) is 6.61 Å². The molecule has 1 rings (SSSR count). The quantitative estimate of drug-likeness (QED) is 0.298. The van der Waals surface area contributed by atoms with Crippen molar-refractivity contribution in [3.63, 3.8) is 0 Å². The summed E-state index contributed by atoms with van der Waals surface area (Å²) in [6, 6.07) is 0. The normalized spacial score (nSPS) is 34.6. The molecule has 0 aromatic rings. The van der Waals surface area contributed by atoms with Crippen LogP contribution in [0.2, 0.25) is 0 Å². The molecule has 4 nitrogen and oxygen atoms in total. The van der Waals surface area contributed by atoms with Gasteiger partial charge in [0, 0.05) is 16.7 Å². The molecule has 0 aromatic carbocycles. The number of rotatable bonds is 3. The minimum atomic E-state index is 0.238. The van der Waals surface area contributed by atoms with Crippen LogP contribution in [-0.4, -0.2) is 36.5 Å². The second-order valence-electron chi connectivity index (χ2n) is 3.06. The zero-order chi connectivity index (χ0) is 8.97. The van der Waals surface area contributed by atoms with Crippen molar-refractivity contribution < 1.29 is 5.11 Å². The topological polar surface area (TPSA) is 69.0 Å². The van der Waals surface area contributed by atoms with Gasteiger partial charge in [0.2, 0.25) is 0 Å². The number of thioether (sulfide) groups is 1. The van der Waals surface area contributed by atoms with Crippen LogP contribution < -0.4 is 0 Å². The number of aliphatic hydroxyl groups excluding tert-OH is 1. The summed E-state index contributed by atoms with van der Waals surface area (Å²) < 4.78 is 0. The van der Waals surface area contributed by atoms with Crippen LogP contribution >= 0.6 is 11.8 Å². The predicted molar refractivity (Wildman–Crippen MR) is 52.9 cm³/mol. The molecule has 0 bridgehead atoms. The monoisotopic (exact) mass is 185 g/mol. The Morgan fingerprint density at radius 3 is 3.00 bits per heavy atom. The third kappa shape index (κ3) is 2.34. The first kappa shape index (κ1) is 9.77. The zero-order valence-corrected chi connectivity index (χ0v) is 7.87. The summed E-state index contributed by atoms with van der Waals surface area (Å²) in [5.41, 5.74) is 8.14. The summed E-state index contributed by atoms with van der Waals surface area (Å²) in [4.78, 5) is 2.74. The Labute approximate surface area is 76.8 Å². The van der Waals surface area contributed by atoms with Gasteiger partial charge >= 0.3 is 0 Å². The Balaban J connectivity index is 2.40. The van der Waals surface area contributed by atoms with E-state index in [1.165, 1.54) is 0 Å². The highest BCUT2D eigenvalue weighted by Crippen LogP contribution is 2.36. The summed E-state index contributed by atoms with van der Waals surface area (Å²) >= 11 is 1.79. The average Bonchev–Trinajstić information content (AvgIpc) is 2.43. The van der Waals surface area contributed by atoms with Crippen LogP contribution in [0, 0.1) is 5.92 Å². The van der Waals surface area contributed by atoms with E-state index in [4.69, 9.17) is 10.6 Å². The van der Waals surface area contributed by atoms with E-state index in [1.54, 1.807) is 11.8 Å². The molecule has 0 spiro atoms. The van der Waals surface area contributed by atoms with Crippen molar-refractivity contribution in [2.24, 2.45) is 11.0 Å². The molecule has 3 atom stereocenters. The molecule has 1 aliphatic heterocycles. The third-order valence-corrected chi connectivity index (χ3v) is 3.76. The highest BCUT2D eigenvalue weighted by atomic mass is 32.2. The van der Waals surface area contributed by atoms with Gasteiger partial charge < -0.3 is 5.11 Å². The van der Waals surface area contributed by atoms with Crippen LogP contribution in [-0.2, 0) is 0 Å². The van der Waals surface area contributed by atoms with E-state index in [2.05, 4.69) is 17.9 Å². The van der Waals surface area contributed by atoms with Crippen LogP contribution in [0.25, 0.3) is 10.4 Å². The Morgan fingerprint density at radius 1 is 1.75 bits per heavy atom. The molecule has 0 aromatic heterocycles. The summed E-state index contributed by atoms with van der Waals surface area (Å²) in [5.74, 6) is 0.447. The lowest BCUT2D eigenvalue weighted by Crippen LogP contribution is -2.14. The second kappa shape index (κ2) is 4.65. The molecule has 66 valence electrons. The van der Waals surface area contributed by atoms with Gasteiger partial charge in [-0.25, -0.2) is 0 Å². The molecule has 0 unspecified atom stereocenters. The summed E-state index contributed by atoms with van der Waals surface area (Å²) in [6.45, 7) is 0.808. The largest absolute Gasteiger partial charge is 0.395 e. The summed E-state index contributed by atoms with van der Waals surface area (Å²) in [5, 5.41) is 13.3. The molecule has 0 aliphatic carbocycles. The Morgan fingerprint density at radius 2 is 2.50 bits per heavy atom. The number of hydrogen-bond donors (Lipinski definition) is 1. The maximum Gasteiger partial charge on any atom is 0.118 e. The molecular weight excluding hydrogens is 173 g/mol. The highest BCUT2D eigenvalue weighted by molar-refractivity contribution is 8.01. The predicted octanol–water partition coefficient (Wildman–Crippen LogP) is 0.370. The zero-order valence-electron chi connectivity index (χ0n) is 7.05. The molecular formula is C6H12BN3OS. The molecule has 6 heteroatoms. The van der Waals surface area contributed by atoms with Gasteiger partial charge in [0.1, 0.15) is 7.85 Å². The molecule has 0 amide bonds. The molecule has 0 saturated carbocycles. The second-order valence-corrected chi connectivity index (χ2v) is 4.74. The summed E-state index contributed by atoms with van der Waals surface area (Å²) in [6.07, 6.45) is 0.974. The van der Waals surface area contributed by atoms with E-state index in [9.17, 15) is 0 Å². The first-order chi connectivity index (χ1) is 5.77. The maximum absolute atomic E-state index is 8.90. The Kier molecular flexibility index (Phi) is 3.78. The number of nitrogens with zero attached hydrogens (tertiary/aromatic N) is 3. The number of aliphatic hydroxyl groups is 1. The van der Waals surface area contributed by atoms with Crippen LogP contribution in [0.4, 0.5) is 0 Å². The lowest BCUT2D eigenvalue weighted by Gasteiger charge is -2.09. The minimum Gasteiger partial charge on any atom is -0.395 e. The highest BCUT2D eigenvalue weighted by Gasteiger charge is 2.30. The standard InChI is InChI=1S/C6H12BN3OS/c7-6-4(2-9-10-8)1-5(3-11)12-6/h4-6,11H,1-3,7H2/t4-,5+,6-/m1/s1. The van der Waals surface area contributed by atoms with Crippen LogP contribution in [0.1, 0.15) is 6.42 Å². The molecule has 1 fully saturated rings. The van der Waals surface area contributed by atoms with Crippen molar-refractivity contribution in [2.45, 2.75) is 16.8 Å². The van der Waals surface area contributed by atoms with E-state index in [0.717, 1.165) is 6.42 Å². The van der Waals surface area contributed by atoms with Gasteiger partial charge in [-0.1, -0.05) is 5.11 Å². The van der Waals surface area contributed by atoms with E-state index in [0.29, 0.717) is 22.9 Å². The van der Waals surface area contributed by atoms with E-state index >= 15 is 0 Å². The van der Waals surface area contributed by atoms with Crippen molar-refractivity contribution in [3.05, 3.63) is 10.4 Å². The SMILES string of the molecule is B[C@@H]1S[C@H](CO)C[C@@H]1CN=[N+]=[N-]. The fourth-order valence-electron chi connectivity index (χ4n) is 1.48. The molecule has 12 heavy (non-hydrogen) atoms. The average molecular weight is 185 g/mol. The molecule has 1 N–H and O–H groups in total. The molecule has 0 radical (unpaired) electrons. The lowest BCUT2D eigenvalue weighted by atomic mass is 9.88. The fraction of sp³-hybridized carbons (Fsp3) is 1.00. The smallest absolute Gasteiger partial charge is 0.118 e. The third-order valence-electron chi connectivity index (χ3n) is 2.22. The lowest BCUT2D eigenvalue weighted by molar-refractivity contribution is 0.286. The number of azide groups is 1. The van der Waals surface area contributed by atoms with Crippen LogP contribution in [0.3, 0.4) is 0 Å². The first-order valence-electron chi connectivity index (χ1n) is 4.05. The summed E-state index contributed by atoms with van der Waals surface area (Å²) in [7, 11) is 2.12. The van der Waals surface area contributed by atoms with Crippen molar-refractivity contribution in [1.82, 2.24) is 0 Å². The van der Waals surface area contributed by atoms with Crippen molar-refractivity contribution >= 4 is 19.6 Å². The van der Waals surface area contributed by atoms with E-state index < -0.39 is 0 Å². The van der Waals surface area contributed by atoms with Crippen LogP contribution in [0.15, 0.2) is 5.11 Å². The van der Waals surface area contributed by atoms with Gasteiger partial charge in [-0.2, -0.15) is 11.8 Å². The van der Waals surface area contributed by atoms with E-state index in [1.807, 2.05) is 0 Å². The van der Waals surface area contributed by atoms with Crippen LogP contribution in [0.5, 0.6) is 0 Å². The Hall–Kier alpha value is -0.315. The van der Waals surface area contributed by atoms with Gasteiger partial charge in [0.25, 0.3) is 0 Å². The van der Waals surface area contributed by atoms with E-state index in [-0.39, 0.29) is 6.61 Å². The first-order valence-corrected chi connectivity index (χ1v) is 4.99. The van der Waals surface area contributed by atoms with Gasteiger partial charge in [-0.15, -0.1) is 0 Å². The van der Waals surface area contributed by atoms with Crippen molar-refractivity contribution in [3.8, 4) is 0 Å². The maximum atomic E-state index is 8.90. The molecule has 1 saturated heterocycles. The van der Waals surface area contributed by atoms with Crippen molar-refractivity contribution in [1.29, 1.82) is 0 Å². The van der Waals surface area contributed by atoms with Crippen molar-refractivity contribution in [2.75, 3.05) is 13.2 Å². The molecule has 1 aliphatic rings. The minimum absolute atomic E-state index is 0.238. The van der Waals surface area contributed by atoms with Gasteiger partial charge in [-0.3, -0.25) is 0 Å².